The summed E-state index contributed by atoms with van der Waals surface area (Å²) in [5.41, 5.74) is 0.801. The van der Waals surface area contributed by atoms with Crippen LogP contribution in [0.4, 0.5) is 0 Å². The molecule has 0 radical (unpaired) electrons. The summed E-state index contributed by atoms with van der Waals surface area (Å²) in [7, 11) is 0. The molecule has 2 heterocycles. The Morgan fingerprint density at radius 1 is 1.32 bits per heavy atom. The fraction of sp³-hybridized carbons (Fsp3) is 0.368. The molecule has 2 N–H and O–H groups in total. The lowest BCUT2D eigenvalue weighted by atomic mass is 9.93. The molecule has 0 saturated carbocycles. The quantitative estimate of drug-likeness (QED) is 0.873. The number of ether oxygens (including phenoxy) is 1. The number of H-pyrrole nitrogens is 1. The molecule has 1 aliphatic heterocycles. The van der Waals surface area contributed by atoms with Crippen LogP contribution in [-0.2, 0) is 11.3 Å². The van der Waals surface area contributed by atoms with E-state index in [9.17, 15) is 9.90 Å². The van der Waals surface area contributed by atoms with Gasteiger partial charge in [-0.25, -0.2) is 0 Å². The van der Waals surface area contributed by atoms with Crippen molar-refractivity contribution in [1.29, 1.82) is 5.26 Å². The van der Waals surface area contributed by atoms with E-state index in [0.717, 1.165) is 5.56 Å². The maximum absolute atomic E-state index is 12.9. The molecule has 0 atom stereocenters. The van der Waals surface area contributed by atoms with Crippen molar-refractivity contribution in [1.82, 2.24) is 9.88 Å². The van der Waals surface area contributed by atoms with Gasteiger partial charge >= 0.3 is 0 Å². The van der Waals surface area contributed by atoms with Crippen LogP contribution in [0.3, 0.4) is 0 Å². The average molecular weight is 339 g/mol. The standard InChI is InChI=1S/C19H21N3O3/c20-11-17-10-16(12-21-17)18(23)22(13-15-4-2-1-3-5-15)14-19(24)6-8-25-9-7-19/h1-5,10,12,21,24H,6-9,13-14H2. The molecule has 1 saturated heterocycles. The zero-order valence-electron chi connectivity index (χ0n) is 13.9. The predicted molar refractivity (Wildman–Crippen MR) is 91.7 cm³/mol. The van der Waals surface area contributed by atoms with Crippen LogP contribution in [0.1, 0.15) is 34.5 Å². The van der Waals surface area contributed by atoms with Crippen LogP contribution in [0.25, 0.3) is 0 Å². The van der Waals surface area contributed by atoms with E-state index in [-0.39, 0.29) is 12.5 Å². The second-order valence-corrected chi connectivity index (χ2v) is 6.40. The summed E-state index contributed by atoms with van der Waals surface area (Å²) in [6.45, 7) is 1.62. The SMILES string of the molecule is N#Cc1cc(C(=O)N(Cc2ccccc2)CC2(O)CCOCC2)c[nH]1. The number of aliphatic hydroxyl groups is 1. The fourth-order valence-electron chi connectivity index (χ4n) is 3.03. The third kappa shape index (κ3) is 4.27. The van der Waals surface area contributed by atoms with Gasteiger partial charge in [-0.3, -0.25) is 4.79 Å². The number of hydrogen-bond acceptors (Lipinski definition) is 4. The lowest BCUT2D eigenvalue weighted by molar-refractivity contribution is -0.0767. The number of nitriles is 1. The number of carbonyl (C=O) groups excluding carboxylic acids is 1. The van der Waals surface area contributed by atoms with Crippen molar-refractivity contribution in [3.8, 4) is 6.07 Å². The van der Waals surface area contributed by atoms with Gasteiger partial charge in [-0.15, -0.1) is 0 Å². The van der Waals surface area contributed by atoms with Crippen LogP contribution < -0.4 is 0 Å². The fourth-order valence-corrected chi connectivity index (χ4v) is 3.03. The van der Waals surface area contributed by atoms with Gasteiger partial charge in [0.15, 0.2) is 0 Å². The molecule has 1 aliphatic rings. The van der Waals surface area contributed by atoms with E-state index in [4.69, 9.17) is 10.00 Å². The number of carbonyl (C=O) groups is 1. The Kier molecular flexibility index (Phi) is 5.17. The van der Waals surface area contributed by atoms with Gasteiger partial charge in [0.05, 0.1) is 17.7 Å². The van der Waals surface area contributed by atoms with Gasteiger partial charge in [0.1, 0.15) is 11.8 Å². The first-order valence-corrected chi connectivity index (χ1v) is 8.31. The van der Waals surface area contributed by atoms with Gasteiger partial charge in [-0.2, -0.15) is 5.26 Å². The number of nitrogens with one attached hydrogen (secondary N) is 1. The summed E-state index contributed by atoms with van der Waals surface area (Å²) in [5.74, 6) is -0.207. The van der Waals surface area contributed by atoms with Crippen molar-refractivity contribution in [3.05, 3.63) is 59.4 Å². The normalized spacial score (nSPS) is 16.2. The highest BCUT2D eigenvalue weighted by atomic mass is 16.5. The molecule has 1 fully saturated rings. The number of amides is 1. The molecule has 1 aromatic heterocycles. The second kappa shape index (κ2) is 7.51. The molecule has 6 nitrogen and oxygen atoms in total. The molecule has 25 heavy (non-hydrogen) atoms. The van der Waals surface area contributed by atoms with Crippen molar-refractivity contribution < 1.29 is 14.6 Å². The van der Waals surface area contributed by atoms with Crippen molar-refractivity contribution in [3.63, 3.8) is 0 Å². The first kappa shape index (κ1) is 17.2. The number of benzene rings is 1. The molecule has 6 heteroatoms. The Morgan fingerprint density at radius 2 is 2.04 bits per heavy atom. The second-order valence-electron chi connectivity index (χ2n) is 6.40. The third-order valence-corrected chi connectivity index (χ3v) is 4.46. The van der Waals surface area contributed by atoms with Crippen LogP contribution in [0.2, 0.25) is 0 Å². The van der Waals surface area contributed by atoms with Crippen molar-refractivity contribution >= 4 is 5.91 Å². The van der Waals surface area contributed by atoms with Gasteiger partial charge in [0.2, 0.25) is 0 Å². The van der Waals surface area contributed by atoms with Crippen LogP contribution in [0, 0.1) is 11.3 Å². The molecule has 0 spiro atoms. The first-order chi connectivity index (χ1) is 12.1. The Bertz CT molecular complexity index is 758. The zero-order valence-corrected chi connectivity index (χ0v) is 13.9. The average Bonchev–Trinajstić information content (AvgIpc) is 3.11. The van der Waals surface area contributed by atoms with Gasteiger partial charge in [-0.1, -0.05) is 30.3 Å². The van der Waals surface area contributed by atoms with E-state index in [0.29, 0.717) is 43.9 Å². The lowest BCUT2D eigenvalue weighted by Gasteiger charge is -2.37. The Hall–Kier alpha value is -2.62. The minimum Gasteiger partial charge on any atom is -0.388 e. The smallest absolute Gasteiger partial charge is 0.255 e. The predicted octanol–water partition coefficient (Wildman–Crippen LogP) is 2.07. The molecule has 2 aromatic rings. The number of aromatic amines is 1. The summed E-state index contributed by atoms with van der Waals surface area (Å²) in [4.78, 5) is 17.4. The van der Waals surface area contributed by atoms with Crippen molar-refractivity contribution in [2.45, 2.75) is 25.0 Å². The van der Waals surface area contributed by atoms with Crippen LogP contribution in [0.15, 0.2) is 42.6 Å². The molecule has 3 rings (SSSR count). The molecular formula is C19H21N3O3. The van der Waals surface area contributed by atoms with Gasteiger partial charge in [0, 0.05) is 38.8 Å². The Morgan fingerprint density at radius 3 is 2.68 bits per heavy atom. The number of rotatable bonds is 5. The highest BCUT2D eigenvalue weighted by Gasteiger charge is 2.34. The van der Waals surface area contributed by atoms with E-state index in [2.05, 4.69) is 4.98 Å². The van der Waals surface area contributed by atoms with Gasteiger partial charge in [-0.05, 0) is 11.6 Å². The highest BCUT2D eigenvalue weighted by molar-refractivity contribution is 5.94. The van der Waals surface area contributed by atoms with E-state index >= 15 is 0 Å². The van der Waals surface area contributed by atoms with Gasteiger partial charge in [0.25, 0.3) is 5.91 Å². The van der Waals surface area contributed by atoms with Crippen LogP contribution in [0.5, 0.6) is 0 Å². The Labute approximate surface area is 146 Å². The minimum atomic E-state index is -0.947. The number of aromatic nitrogens is 1. The van der Waals surface area contributed by atoms with Crippen molar-refractivity contribution in [2.24, 2.45) is 0 Å². The minimum absolute atomic E-state index is 0.207. The van der Waals surface area contributed by atoms with E-state index in [1.54, 1.807) is 4.90 Å². The molecule has 1 aromatic carbocycles. The van der Waals surface area contributed by atoms with E-state index < -0.39 is 5.60 Å². The Balaban J connectivity index is 1.82. The topological polar surface area (TPSA) is 89.3 Å². The number of hydrogen-bond donors (Lipinski definition) is 2. The molecular weight excluding hydrogens is 318 g/mol. The molecule has 0 aliphatic carbocycles. The summed E-state index contributed by atoms with van der Waals surface area (Å²) in [5, 5.41) is 19.8. The molecule has 0 bridgehead atoms. The monoisotopic (exact) mass is 339 g/mol. The van der Waals surface area contributed by atoms with Crippen LogP contribution in [-0.4, -0.2) is 46.3 Å². The van der Waals surface area contributed by atoms with Crippen molar-refractivity contribution in [2.75, 3.05) is 19.8 Å². The summed E-state index contributed by atoms with van der Waals surface area (Å²) >= 11 is 0. The zero-order chi connectivity index (χ0) is 17.7. The molecule has 1 amide bonds. The maximum Gasteiger partial charge on any atom is 0.255 e. The van der Waals surface area contributed by atoms with Crippen LogP contribution >= 0.6 is 0 Å². The highest BCUT2D eigenvalue weighted by Crippen LogP contribution is 2.24. The number of nitrogens with zero attached hydrogens (tertiary/aromatic N) is 2. The summed E-state index contributed by atoms with van der Waals surface area (Å²) < 4.78 is 5.32. The van der Waals surface area contributed by atoms with E-state index in [1.165, 1.54) is 12.3 Å². The molecule has 130 valence electrons. The van der Waals surface area contributed by atoms with E-state index in [1.807, 2.05) is 36.4 Å². The first-order valence-electron chi connectivity index (χ1n) is 8.31. The third-order valence-electron chi connectivity index (χ3n) is 4.46. The lowest BCUT2D eigenvalue weighted by Crippen LogP contribution is -2.48. The summed E-state index contributed by atoms with van der Waals surface area (Å²) in [6.07, 6.45) is 2.54. The molecule has 0 unspecified atom stereocenters. The van der Waals surface area contributed by atoms with Gasteiger partial charge < -0.3 is 19.7 Å². The maximum atomic E-state index is 12.9. The summed E-state index contributed by atoms with van der Waals surface area (Å²) in [6, 6.07) is 13.2. The largest absolute Gasteiger partial charge is 0.388 e.